The van der Waals surface area contributed by atoms with Gasteiger partial charge >= 0.3 is 0 Å². The molecule has 0 aliphatic heterocycles. The molecule has 4 nitrogen and oxygen atoms in total. The van der Waals surface area contributed by atoms with E-state index >= 15 is 0 Å². The van der Waals surface area contributed by atoms with Crippen molar-refractivity contribution in [1.82, 2.24) is 9.38 Å². The van der Waals surface area contributed by atoms with Crippen molar-refractivity contribution >= 4 is 27.8 Å². The van der Waals surface area contributed by atoms with Gasteiger partial charge in [-0.25, -0.2) is 9.37 Å². The van der Waals surface area contributed by atoms with Gasteiger partial charge in [0, 0.05) is 18.1 Å². The van der Waals surface area contributed by atoms with E-state index in [4.69, 9.17) is 0 Å². The summed E-state index contributed by atoms with van der Waals surface area (Å²) in [7, 11) is 0. The minimum Gasteiger partial charge on any atom is -0.390 e. The van der Waals surface area contributed by atoms with Crippen LogP contribution < -0.4 is 4.90 Å². The third kappa shape index (κ3) is 1.97. The lowest BCUT2D eigenvalue weighted by atomic mass is 10.2. The SMILES string of the molecule is CCN(c1ccccc1F)c1nc2sccn2c1CO. The lowest BCUT2D eigenvalue weighted by Gasteiger charge is -2.22. The average Bonchev–Trinajstić information content (AvgIpc) is 3.02. The van der Waals surface area contributed by atoms with Crippen LogP contribution in [0.3, 0.4) is 0 Å². The van der Waals surface area contributed by atoms with Gasteiger partial charge in [-0.1, -0.05) is 12.1 Å². The van der Waals surface area contributed by atoms with E-state index in [0.717, 1.165) is 4.96 Å². The maximum absolute atomic E-state index is 14.0. The number of imidazole rings is 1. The summed E-state index contributed by atoms with van der Waals surface area (Å²) in [5.41, 5.74) is 1.14. The number of hydrogen-bond donors (Lipinski definition) is 1. The van der Waals surface area contributed by atoms with Gasteiger partial charge < -0.3 is 10.0 Å². The molecule has 3 rings (SSSR count). The van der Waals surface area contributed by atoms with Crippen LogP contribution in [0.2, 0.25) is 0 Å². The fourth-order valence-corrected chi connectivity index (χ4v) is 3.02. The van der Waals surface area contributed by atoms with E-state index in [0.29, 0.717) is 23.7 Å². The highest BCUT2D eigenvalue weighted by Crippen LogP contribution is 2.31. The van der Waals surface area contributed by atoms with Crippen LogP contribution in [0.15, 0.2) is 35.8 Å². The first-order chi connectivity index (χ1) is 9.76. The molecule has 2 aromatic heterocycles. The molecule has 0 spiro atoms. The van der Waals surface area contributed by atoms with Gasteiger partial charge in [-0.3, -0.25) is 4.40 Å². The second-order valence-electron chi connectivity index (χ2n) is 4.29. The van der Waals surface area contributed by atoms with E-state index in [1.165, 1.54) is 17.4 Å². The maximum atomic E-state index is 14.0. The zero-order valence-electron chi connectivity index (χ0n) is 11.0. The molecule has 0 unspecified atom stereocenters. The highest BCUT2D eigenvalue weighted by Gasteiger charge is 2.20. The largest absolute Gasteiger partial charge is 0.390 e. The quantitative estimate of drug-likeness (QED) is 0.802. The second kappa shape index (κ2) is 5.22. The van der Waals surface area contributed by atoms with E-state index in [2.05, 4.69) is 4.98 Å². The second-order valence-corrected chi connectivity index (χ2v) is 5.16. The Morgan fingerprint density at radius 2 is 2.20 bits per heavy atom. The molecule has 1 N–H and O–H groups in total. The van der Waals surface area contributed by atoms with Crippen LogP contribution >= 0.6 is 11.3 Å². The number of para-hydroxylation sites is 1. The predicted molar refractivity (Wildman–Crippen MR) is 78.1 cm³/mol. The van der Waals surface area contributed by atoms with E-state index in [1.54, 1.807) is 23.1 Å². The molecule has 1 aromatic carbocycles. The third-order valence-corrected chi connectivity index (χ3v) is 3.96. The van der Waals surface area contributed by atoms with Gasteiger partial charge in [-0.15, -0.1) is 11.3 Å². The molecule has 0 saturated heterocycles. The van der Waals surface area contributed by atoms with Crippen LogP contribution in [0.5, 0.6) is 0 Å². The van der Waals surface area contributed by atoms with Gasteiger partial charge in [0.25, 0.3) is 0 Å². The Balaban J connectivity index is 2.16. The van der Waals surface area contributed by atoms with Crippen LogP contribution in [0, 0.1) is 5.82 Å². The van der Waals surface area contributed by atoms with Crippen molar-refractivity contribution in [2.24, 2.45) is 0 Å². The fraction of sp³-hybridized carbons (Fsp3) is 0.214. The molecule has 0 saturated carbocycles. The number of anilines is 2. The normalized spacial score (nSPS) is 11.2. The summed E-state index contributed by atoms with van der Waals surface area (Å²) in [6.07, 6.45) is 1.86. The summed E-state index contributed by atoms with van der Waals surface area (Å²) in [5.74, 6) is 0.307. The summed E-state index contributed by atoms with van der Waals surface area (Å²) in [6, 6.07) is 6.59. The number of rotatable bonds is 4. The van der Waals surface area contributed by atoms with Gasteiger partial charge in [0.15, 0.2) is 10.8 Å². The van der Waals surface area contributed by atoms with Gasteiger partial charge in [0.2, 0.25) is 0 Å². The monoisotopic (exact) mass is 291 g/mol. The number of nitrogens with zero attached hydrogens (tertiary/aromatic N) is 3. The van der Waals surface area contributed by atoms with E-state index in [1.807, 2.05) is 22.9 Å². The number of aliphatic hydroxyl groups excluding tert-OH is 1. The van der Waals surface area contributed by atoms with Crippen molar-refractivity contribution in [3.05, 3.63) is 47.4 Å². The number of aliphatic hydroxyl groups is 1. The molecule has 2 heterocycles. The lowest BCUT2D eigenvalue weighted by molar-refractivity contribution is 0.276. The van der Waals surface area contributed by atoms with Crippen LogP contribution in [0.25, 0.3) is 4.96 Å². The Kier molecular flexibility index (Phi) is 3.42. The minimum absolute atomic E-state index is 0.141. The molecule has 6 heteroatoms. The minimum atomic E-state index is -0.297. The molecular formula is C14H14FN3OS. The van der Waals surface area contributed by atoms with Crippen LogP contribution in [0.1, 0.15) is 12.6 Å². The van der Waals surface area contributed by atoms with Crippen LogP contribution in [0.4, 0.5) is 15.9 Å². The van der Waals surface area contributed by atoms with Crippen molar-refractivity contribution in [3.8, 4) is 0 Å². The number of halogens is 1. The lowest BCUT2D eigenvalue weighted by Crippen LogP contribution is -2.19. The number of hydrogen-bond acceptors (Lipinski definition) is 4. The summed E-state index contributed by atoms with van der Waals surface area (Å²) in [5, 5.41) is 11.5. The molecule has 0 amide bonds. The Morgan fingerprint density at radius 3 is 2.90 bits per heavy atom. The highest BCUT2D eigenvalue weighted by atomic mass is 32.1. The first-order valence-electron chi connectivity index (χ1n) is 6.33. The third-order valence-electron chi connectivity index (χ3n) is 3.20. The van der Waals surface area contributed by atoms with Gasteiger partial charge in [0.05, 0.1) is 18.0 Å². The maximum Gasteiger partial charge on any atom is 0.195 e. The molecule has 0 aliphatic rings. The van der Waals surface area contributed by atoms with Crippen LogP contribution in [-0.4, -0.2) is 21.0 Å². The Bertz CT molecular complexity index is 737. The topological polar surface area (TPSA) is 40.8 Å². The average molecular weight is 291 g/mol. The Hall–Kier alpha value is -1.92. The van der Waals surface area contributed by atoms with Crippen molar-refractivity contribution in [2.75, 3.05) is 11.4 Å². The van der Waals surface area contributed by atoms with E-state index < -0.39 is 0 Å². The first kappa shape index (κ1) is 13.1. The predicted octanol–water partition coefficient (Wildman–Crippen LogP) is 3.19. The molecule has 0 bridgehead atoms. The van der Waals surface area contributed by atoms with Gasteiger partial charge in [-0.05, 0) is 19.1 Å². The number of fused-ring (bicyclic) bond motifs is 1. The standard InChI is InChI=1S/C14H14FN3OS/c1-2-17(11-6-4-3-5-10(11)15)13-12(9-19)18-7-8-20-14(18)16-13/h3-8,19H,2,9H2,1H3. The summed E-state index contributed by atoms with van der Waals surface area (Å²) < 4.78 is 15.8. The molecule has 3 aromatic rings. The van der Waals surface area contributed by atoms with Gasteiger partial charge in [0.1, 0.15) is 5.82 Å². The summed E-state index contributed by atoms with van der Waals surface area (Å²) >= 11 is 1.49. The van der Waals surface area contributed by atoms with Crippen molar-refractivity contribution < 1.29 is 9.50 Å². The molecule has 0 fully saturated rings. The number of thiazole rings is 1. The zero-order chi connectivity index (χ0) is 14.1. The molecule has 0 radical (unpaired) electrons. The van der Waals surface area contributed by atoms with Crippen LogP contribution in [-0.2, 0) is 6.61 Å². The molecular weight excluding hydrogens is 277 g/mol. The number of benzene rings is 1. The zero-order valence-corrected chi connectivity index (χ0v) is 11.8. The Labute approximate surface area is 119 Å². The highest BCUT2D eigenvalue weighted by molar-refractivity contribution is 7.15. The van der Waals surface area contributed by atoms with Gasteiger partial charge in [-0.2, -0.15) is 0 Å². The molecule has 20 heavy (non-hydrogen) atoms. The van der Waals surface area contributed by atoms with Crippen molar-refractivity contribution in [2.45, 2.75) is 13.5 Å². The fourth-order valence-electron chi connectivity index (χ4n) is 2.29. The Morgan fingerprint density at radius 1 is 1.40 bits per heavy atom. The molecule has 0 aliphatic carbocycles. The van der Waals surface area contributed by atoms with Crippen molar-refractivity contribution in [3.63, 3.8) is 0 Å². The smallest absolute Gasteiger partial charge is 0.195 e. The van der Waals surface area contributed by atoms with E-state index in [9.17, 15) is 9.50 Å². The molecule has 104 valence electrons. The summed E-state index contributed by atoms with van der Waals surface area (Å²) in [4.78, 5) is 7.08. The van der Waals surface area contributed by atoms with E-state index in [-0.39, 0.29) is 12.4 Å². The first-order valence-corrected chi connectivity index (χ1v) is 7.21. The van der Waals surface area contributed by atoms with Crippen molar-refractivity contribution in [1.29, 1.82) is 0 Å². The number of aromatic nitrogens is 2. The summed E-state index contributed by atoms with van der Waals surface area (Å²) in [6.45, 7) is 2.36. The molecule has 0 atom stereocenters.